The smallest absolute Gasteiger partial charge is 0.323 e. The highest BCUT2D eigenvalue weighted by Crippen LogP contribution is 2.40. The molecule has 1 aromatic rings. The van der Waals surface area contributed by atoms with Gasteiger partial charge in [0, 0.05) is 4.90 Å². The lowest BCUT2D eigenvalue weighted by Crippen LogP contribution is -2.48. The summed E-state index contributed by atoms with van der Waals surface area (Å²) in [5, 5.41) is 5.67. The Balaban J connectivity index is 2.15. The van der Waals surface area contributed by atoms with Crippen molar-refractivity contribution in [1.29, 1.82) is 0 Å². The quantitative estimate of drug-likeness (QED) is 0.841. The summed E-state index contributed by atoms with van der Waals surface area (Å²) >= 11 is -0.224. The number of hydrogen-bond acceptors (Lipinski definition) is 3. The second kappa shape index (κ2) is 5.65. The van der Waals surface area contributed by atoms with E-state index in [1.807, 2.05) is 0 Å². The zero-order valence-corrected chi connectivity index (χ0v) is 11.7. The van der Waals surface area contributed by atoms with Crippen LogP contribution in [0.1, 0.15) is 19.8 Å². The van der Waals surface area contributed by atoms with Gasteiger partial charge in [-0.25, -0.2) is 0 Å². The van der Waals surface area contributed by atoms with Crippen molar-refractivity contribution in [3.05, 3.63) is 24.3 Å². The normalized spacial score (nSPS) is 22.8. The third-order valence-corrected chi connectivity index (χ3v) is 4.04. The van der Waals surface area contributed by atoms with Crippen molar-refractivity contribution in [3.63, 3.8) is 0 Å². The van der Waals surface area contributed by atoms with Crippen LogP contribution >= 0.6 is 11.8 Å². The number of alkyl halides is 3. The van der Waals surface area contributed by atoms with Gasteiger partial charge in [-0.3, -0.25) is 4.79 Å². The van der Waals surface area contributed by atoms with Crippen LogP contribution < -0.4 is 10.6 Å². The molecule has 3 nitrogen and oxygen atoms in total. The molecule has 0 radical (unpaired) electrons. The highest BCUT2D eigenvalue weighted by Gasteiger charge is 2.36. The van der Waals surface area contributed by atoms with Crippen LogP contribution in [0.25, 0.3) is 0 Å². The summed E-state index contributed by atoms with van der Waals surface area (Å²) in [5.74, 6) is -0.301. The Bertz CT molecular complexity index is 499. The second-order valence-corrected chi connectivity index (χ2v) is 5.97. The lowest BCUT2D eigenvalue weighted by molar-refractivity contribution is -0.121. The number of carbonyl (C=O) groups excluding carboxylic acids is 1. The molecule has 0 saturated carbocycles. The topological polar surface area (TPSA) is 41.1 Å². The maximum absolute atomic E-state index is 12.5. The lowest BCUT2D eigenvalue weighted by atomic mass is 9.99. The van der Waals surface area contributed by atoms with E-state index in [9.17, 15) is 18.0 Å². The van der Waals surface area contributed by atoms with Crippen LogP contribution in [0.4, 0.5) is 18.9 Å². The summed E-state index contributed by atoms with van der Waals surface area (Å²) in [7, 11) is 0. The lowest BCUT2D eigenvalue weighted by Gasteiger charge is -2.23. The van der Waals surface area contributed by atoms with Crippen LogP contribution in [0.5, 0.6) is 0 Å². The number of para-hydroxylation sites is 1. The molecule has 1 atom stereocenters. The van der Waals surface area contributed by atoms with E-state index >= 15 is 0 Å². The molecule has 2 rings (SSSR count). The number of anilines is 1. The number of nitrogens with one attached hydrogen (secondary N) is 2. The van der Waals surface area contributed by atoms with Gasteiger partial charge in [-0.15, -0.1) is 0 Å². The number of rotatable bonds is 3. The summed E-state index contributed by atoms with van der Waals surface area (Å²) in [5.41, 5.74) is -4.90. The van der Waals surface area contributed by atoms with Gasteiger partial charge in [0.15, 0.2) is 0 Å². The first-order chi connectivity index (χ1) is 9.30. The first-order valence-electron chi connectivity index (χ1n) is 6.21. The molecule has 2 N–H and O–H groups in total. The molecule has 1 fully saturated rings. The van der Waals surface area contributed by atoms with Gasteiger partial charge in [0.05, 0.1) is 11.2 Å². The fourth-order valence-corrected chi connectivity index (χ4v) is 2.76. The molecule has 1 amide bonds. The van der Waals surface area contributed by atoms with E-state index in [0.717, 1.165) is 13.0 Å². The fraction of sp³-hybridized carbons (Fsp3) is 0.462. The van der Waals surface area contributed by atoms with Gasteiger partial charge < -0.3 is 10.6 Å². The summed E-state index contributed by atoms with van der Waals surface area (Å²) in [6.45, 7) is 2.50. The summed E-state index contributed by atoms with van der Waals surface area (Å²) in [6, 6.07) is 5.93. The molecule has 7 heteroatoms. The summed E-state index contributed by atoms with van der Waals surface area (Å²) in [4.78, 5) is 12.2. The van der Waals surface area contributed by atoms with E-state index in [1.165, 1.54) is 18.2 Å². The monoisotopic (exact) mass is 304 g/mol. The molecule has 20 heavy (non-hydrogen) atoms. The highest BCUT2D eigenvalue weighted by atomic mass is 32.2. The summed E-state index contributed by atoms with van der Waals surface area (Å²) in [6.07, 6.45) is 1.55. The standard InChI is InChI=1S/C13H15F3N2OS/c1-12(7-4-8-17-12)11(19)18-9-5-2-3-6-10(9)20-13(14,15)16/h2-3,5-6,17H,4,7-8H2,1H3,(H,18,19). The minimum Gasteiger partial charge on any atom is -0.323 e. The number of halogens is 3. The maximum Gasteiger partial charge on any atom is 0.446 e. The van der Waals surface area contributed by atoms with Gasteiger partial charge in [0.2, 0.25) is 5.91 Å². The second-order valence-electron chi connectivity index (χ2n) is 4.86. The number of amides is 1. The molecular formula is C13H15F3N2OS. The average molecular weight is 304 g/mol. The number of hydrogen-bond donors (Lipinski definition) is 2. The zero-order chi connectivity index (χ0) is 14.8. The number of thioether (sulfide) groups is 1. The molecule has 0 spiro atoms. The molecule has 1 heterocycles. The first kappa shape index (κ1) is 15.2. The Kier molecular flexibility index (Phi) is 4.29. The average Bonchev–Trinajstić information content (AvgIpc) is 2.78. The van der Waals surface area contributed by atoms with Gasteiger partial charge >= 0.3 is 5.51 Å². The third kappa shape index (κ3) is 3.67. The van der Waals surface area contributed by atoms with Gasteiger partial charge in [-0.2, -0.15) is 13.2 Å². The van der Waals surface area contributed by atoms with Gasteiger partial charge in [0.25, 0.3) is 0 Å². The number of carbonyl (C=O) groups is 1. The zero-order valence-electron chi connectivity index (χ0n) is 10.9. The van der Waals surface area contributed by atoms with Crippen molar-refractivity contribution in [1.82, 2.24) is 5.32 Å². The molecule has 1 aromatic carbocycles. The predicted molar refractivity (Wildman–Crippen MR) is 72.6 cm³/mol. The van der Waals surface area contributed by atoms with Crippen LogP contribution in [-0.4, -0.2) is 23.5 Å². The minimum absolute atomic E-state index is 0.00468. The maximum atomic E-state index is 12.5. The summed E-state index contributed by atoms with van der Waals surface area (Å²) < 4.78 is 37.4. The molecule has 0 aromatic heterocycles. The van der Waals surface area contributed by atoms with Crippen molar-refractivity contribution < 1.29 is 18.0 Å². The fourth-order valence-electron chi connectivity index (χ4n) is 2.13. The Morgan fingerprint density at radius 1 is 1.40 bits per heavy atom. The SMILES string of the molecule is CC1(C(=O)Nc2ccccc2SC(F)(F)F)CCCN1. The molecular weight excluding hydrogens is 289 g/mol. The van der Waals surface area contributed by atoms with E-state index in [1.54, 1.807) is 13.0 Å². The van der Waals surface area contributed by atoms with Gasteiger partial charge in [0.1, 0.15) is 0 Å². The van der Waals surface area contributed by atoms with E-state index in [2.05, 4.69) is 10.6 Å². The Morgan fingerprint density at radius 2 is 2.10 bits per heavy atom. The highest BCUT2D eigenvalue weighted by molar-refractivity contribution is 8.00. The van der Waals surface area contributed by atoms with Crippen molar-refractivity contribution in [2.45, 2.75) is 35.7 Å². The number of benzene rings is 1. The first-order valence-corrected chi connectivity index (χ1v) is 7.03. The van der Waals surface area contributed by atoms with Gasteiger partial charge in [-0.05, 0) is 50.2 Å². The molecule has 1 unspecified atom stereocenters. The Hall–Kier alpha value is -1.21. The molecule has 1 aliphatic heterocycles. The van der Waals surface area contributed by atoms with Crippen molar-refractivity contribution in [3.8, 4) is 0 Å². The van der Waals surface area contributed by atoms with Gasteiger partial charge in [-0.1, -0.05) is 12.1 Å². The van der Waals surface area contributed by atoms with Crippen molar-refractivity contribution in [2.75, 3.05) is 11.9 Å². The molecule has 110 valence electrons. The third-order valence-electron chi connectivity index (χ3n) is 3.23. The Labute approximate surface area is 119 Å². The largest absolute Gasteiger partial charge is 0.446 e. The van der Waals surface area contributed by atoms with E-state index in [4.69, 9.17) is 0 Å². The van der Waals surface area contributed by atoms with Crippen LogP contribution in [0.2, 0.25) is 0 Å². The van der Waals surface area contributed by atoms with Crippen molar-refractivity contribution in [2.24, 2.45) is 0 Å². The van der Waals surface area contributed by atoms with E-state index in [0.29, 0.717) is 6.42 Å². The molecule has 0 aliphatic carbocycles. The molecule has 0 bridgehead atoms. The molecule has 1 aliphatic rings. The molecule has 1 saturated heterocycles. The van der Waals surface area contributed by atoms with Crippen LogP contribution in [0.15, 0.2) is 29.2 Å². The van der Waals surface area contributed by atoms with Crippen LogP contribution in [0, 0.1) is 0 Å². The minimum atomic E-state index is -4.38. The van der Waals surface area contributed by atoms with Crippen LogP contribution in [-0.2, 0) is 4.79 Å². The van der Waals surface area contributed by atoms with E-state index in [-0.39, 0.29) is 28.3 Å². The van der Waals surface area contributed by atoms with Crippen LogP contribution in [0.3, 0.4) is 0 Å². The van der Waals surface area contributed by atoms with Crippen molar-refractivity contribution >= 4 is 23.4 Å². The van der Waals surface area contributed by atoms with E-state index < -0.39 is 11.0 Å². The predicted octanol–water partition coefficient (Wildman–Crippen LogP) is 3.38. The Morgan fingerprint density at radius 3 is 2.70 bits per heavy atom.